The summed E-state index contributed by atoms with van der Waals surface area (Å²) in [6.07, 6.45) is 0. The molecule has 2 aromatic rings. The topological polar surface area (TPSA) is 29.0 Å². The fourth-order valence-electron chi connectivity index (χ4n) is 2.24. The lowest BCUT2D eigenvalue weighted by Crippen LogP contribution is -2.28. The molecule has 0 aliphatic rings. The number of rotatable bonds is 3. The van der Waals surface area contributed by atoms with Crippen molar-refractivity contribution in [2.45, 2.75) is 27.3 Å². The molecular formula is C16H21N3S. The van der Waals surface area contributed by atoms with Gasteiger partial charge < -0.3 is 15.2 Å². The molecule has 1 aromatic carbocycles. The Labute approximate surface area is 126 Å². The third-order valence-corrected chi connectivity index (χ3v) is 3.63. The number of hydrogen-bond donors (Lipinski definition) is 2. The molecule has 0 saturated carbocycles. The lowest BCUT2D eigenvalue weighted by atomic mass is 10.1. The van der Waals surface area contributed by atoms with Crippen LogP contribution < -0.4 is 10.6 Å². The van der Waals surface area contributed by atoms with Gasteiger partial charge in [-0.05, 0) is 68.4 Å². The van der Waals surface area contributed by atoms with Crippen LogP contribution in [0.2, 0.25) is 0 Å². The third-order valence-electron chi connectivity index (χ3n) is 3.39. The molecule has 0 radical (unpaired) electrons. The van der Waals surface area contributed by atoms with Crippen LogP contribution in [-0.4, -0.2) is 9.68 Å². The predicted octanol–water partition coefficient (Wildman–Crippen LogP) is 3.44. The van der Waals surface area contributed by atoms with Crippen molar-refractivity contribution in [2.24, 2.45) is 7.05 Å². The summed E-state index contributed by atoms with van der Waals surface area (Å²) in [7, 11) is 2.06. The highest BCUT2D eigenvalue weighted by Gasteiger charge is 2.03. The molecule has 1 aromatic heterocycles. The summed E-state index contributed by atoms with van der Waals surface area (Å²) in [6.45, 7) is 6.99. The molecule has 2 rings (SSSR count). The van der Waals surface area contributed by atoms with Gasteiger partial charge in [0.15, 0.2) is 5.11 Å². The molecule has 0 spiro atoms. The number of thiocarbonyl (C=S) groups is 1. The average Bonchev–Trinajstić information content (AvgIpc) is 2.66. The first-order valence-electron chi connectivity index (χ1n) is 6.70. The normalized spacial score (nSPS) is 10.4. The van der Waals surface area contributed by atoms with Gasteiger partial charge >= 0.3 is 0 Å². The molecular weight excluding hydrogens is 266 g/mol. The minimum atomic E-state index is 0.647. The first-order chi connectivity index (χ1) is 9.45. The van der Waals surface area contributed by atoms with Crippen LogP contribution in [0.1, 0.15) is 22.5 Å². The lowest BCUT2D eigenvalue weighted by molar-refractivity contribution is 0.764. The zero-order chi connectivity index (χ0) is 14.7. The van der Waals surface area contributed by atoms with Crippen molar-refractivity contribution in [1.82, 2.24) is 9.88 Å². The van der Waals surface area contributed by atoms with Crippen molar-refractivity contribution in [2.75, 3.05) is 5.32 Å². The van der Waals surface area contributed by atoms with Crippen LogP contribution in [-0.2, 0) is 13.6 Å². The van der Waals surface area contributed by atoms with E-state index in [4.69, 9.17) is 12.2 Å². The Balaban J connectivity index is 1.94. The standard InChI is InChI=1S/C16H21N3S/c1-11-7-12(2)9-14(8-11)18-16(20)17-10-15-6-5-13(3)19(15)4/h5-9H,10H2,1-4H3,(H2,17,18,20). The minimum absolute atomic E-state index is 0.647. The van der Waals surface area contributed by atoms with Crippen LogP contribution in [0.15, 0.2) is 30.3 Å². The summed E-state index contributed by atoms with van der Waals surface area (Å²) in [5.41, 5.74) is 5.95. The van der Waals surface area contributed by atoms with Crippen LogP contribution in [0.25, 0.3) is 0 Å². The molecule has 0 unspecified atom stereocenters. The molecule has 0 atom stereocenters. The molecule has 0 fully saturated rings. The van der Waals surface area contributed by atoms with E-state index >= 15 is 0 Å². The van der Waals surface area contributed by atoms with Crippen LogP contribution in [0.3, 0.4) is 0 Å². The van der Waals surface area contributed by atoms with Crippen LogP contribution in [0.5, 0.6) is 0 Å². The number of benzene rings is 1. The van der Waals surface area contributed by atoms with Crippen molar-refractivity contribution in [3.05, 3.63) is 52.8 Å². The van der Waals surface area contributed by atoms with Crippen LogP contribution in [0, 0.1) is 20.8 Å². The second-order valence-corrected chi connectivity index (χ2v) is 5.62. The Morgan fingerprint density at radius 1 is 1.10 bits per heavy atom. The number of hydrogen-bond acceptors (Lipinski definition) is 1. The van der Waals surface area contributed by atoms with Crippen molar-refractivity contribution < 1.29 is 0 Å². The highest BCUT2D eigenvalue weighted by molar-refractivity contribution is 7.80. The molecule has 20 heavy (non-hydrogen) atoms. The maximum absolute atomic E-state index is 5.34. The van der Waals surface area contributed by atoms with Gasteiger partial charge in [-0.25, -0.2) is 0 Å². The van der Waals surface area contributed by atoms with Crippen LogP contribution in [0.4, 0.5) is 5.69 Å². The summed E-state index contributed by atoms with van der Waals surface area (Å²) in [6, 6.07) is 10.6. The Kier molecular flexibility index (Phi) is 4.45. The second kappa shape index (κ2) is 6.09. The Morgan fingerprint density at radius 2 is 1.75 bits per heavy atom. The Hall–Kier alpha value is -1.81. The fraction of sp³-hybridized carbons (Fsp3) is 0.312. The van der Waals surface area contributed by atoms with Gasteiger partial charge in [-0.1, -0.05) is 6.07 Å². The van der Waals surface area contributed by atoms with E-state index in [9.17, 15) is 0 Å². The van der Waals surface area contributed by atoms with E-state index in [2.05, 4.69) is 73.4 Å². The monoisotopic (exact) mass is 287 g/mol. The SMILES string of the molecule is Cc1cc(C)cc(NC(=S)NCc2ccc(C)n2C)c1. The fourth-order valence-corrected chi connectivity index (χ4v) is 2.43. The lowest BCUT2D eigenvalue weighted by Gasteiger charge is -2.12. The smallest absolute Gasteiger partial charge is 0.171 e. The van der Waals surface area contributed by atoms with E-state index in [1.165, 1.54) is 22.5 Å². The van der Waals surface area contributed by atoms with E-state index in [1.807, 2.05) is 0 Å². The van der Waals surface area contributed by atoms with Gasteiger partial charge in [0.1, 0.15) is 0 Å². The highest BCUT2D eigenvalue weighted by Crippen LogP contribution is 2.13. The molecule has 106 valence electrons. The number of aromatic nitrogens is 1. The van der Waals surface area contributed by atoms with Gasteiger partial charge in [0.2, 0.25) is 0 Å². The summed E-state index contributed by atoms with van der Waals surface area (Å²) >= 11 is 5.34. The number of anilines is 1. The molecule has 3 nitrogen and oxygen atoms in total. The van der Waals surface area contributed by atoms with E-state index < -0.39 is 0 Å². The Morgan fingerprint density at radius 3 is 2.30 bits per heavy atom. The van der Waals surface area contributed by atoms with Gasteiger partial charge in [-0.15, -0.1) is 0 Å². The van der Waals surface area contributed by atoms with E-state index in [-0.39, 0.29) is 0 Å². The molecule has 0 bridgehead atoms. The van der Waals surface area contributed by atoms with E-state index in [1.54, 1.807) is 0 Å². The number of nitrogens with zero attached hydrogens (tertiary/aromatic N) is 1. The van der Waals surface area contributed by atoms with Crippen molar-refractivity contribution in [3.8, 4) is 0 Å². The van der Waals surface area contributed by atoms with Crippen LogP contribution >= 0.6 is 12.2 Å². The quantitative estimate of drug-likeness (QED) is 0.847. The van der Waals surface area contributed by atoms with Gasteiger partial charge in [0.25, 0.3) is 0 Å². The summed E-state index contributed by atoms with van der Waals surface area (Å²) in [4.78, 5) is 0. The number of nitrogens with one attached hydrogen (secondary N) is 2. The molecule has 0 amide bonds. The van der Waals surface area contributed by atoms with E-state index in [0.717, 1.165) is 12.2 Å². The van der Waals surface area contributed by atoms with Gasteiger partial charge in [0, 0.05) is 24.1 Å². The summed E-state index contributed by atoms with van der Waals surface area (Å²) in [5, 5.41) is 7.12. The molecule has 0 aliphatic heterocycles. The second-order valence-electron chi connectivity index (χ2n) is 5.21. The van der Waals surface area contributed by atoms with Gasteiger partial charge in [-0.3, -0.25) is 0 Å². The van der Waals surface area contributed by atoms with Crippen molar-refractivity contribution in [1.29, 1.82) is 0 Å². The molecule has 4 heteroatoms. The minimum Gasteiger partial charge on any atom is -0.357 e. The maximum Gasteiger partial charge on any atom is 0.171 e. The van der Waals surface area contributed by atoms with Crippen molar-refractivity contribution in [3.63, 3.8) is 0 Å². The molecule has 1 heterocycles. The molecule has 2 N–H and O–H groups in total. The zero-order valence-corrected chi connectivity index (χ0v) is 13.3. The van der Waals surface area contributed by atoms with E-state index in [0.29, 0.717) is 5.11 Å². The largest absolute Gasteiger partial charge is 0.357 e. The average molecular weight is 287 g/mol. The Bertz CT molecular complexity index is 608. The van der Waals surface area contributed by atoms with Gasteiger partial charge in [0.05, 0.1) is 6.54 Å². The maximum atomic E-state index is 5.34. The van der Waals surface area contributed by atoms with Gasteiger partial charge in [-0.2, -0.15) is 0 Å². The summed E-state index contributed by atoms with van der Waals surface area (Å²) in [5.74, 6) is 0. The first-order valence-corrected chi connectivity index (χ1v) is 7.11. The molecule has 0 saturated heterocycles. The molecule has 0 aliphatic carbocycles. The predicted molar refractivity (Wildman–Crippen MR) is 89.1 cm³/mol. The zero-order valence-electron chi connectivity index (χ0n) is 12.4. The highest BCUT2D eigenvalue weighted by atomic mass is 32.1. The van der Waals surface area contributed by atoms with Crippen molar-refractivity contribution >= 4 is 23.0 Å². The summed E-state index contributed by atoms with van der Waals surface area (Å²) < 4.78 is 2.16. The first kappa shape index (κ1) is 14.6. The number of aryl methyl sites for hydroxylation is 3. The third kappa shape index (κ3) is 3.61.